The van der Waals surface area contributed by atoms with Gasteiger partial charge in [-0.1, -0.05) is 6.42 Å². The van der Waals surface area contributed by atoms with Crippen LogP contribution in [-0.4, -0.2) is 5.96 Å². The zero-order valence-electron chi connectivity index (χ0n) is 8.53. The number of guanidine groups is 1. The maximum atomic E-state index is 5.35. The van der Waals surface area contributed by atoms with Gasteiger partial charge in [0.15, 0.2) is 5.96 Å². The van der Waals surface area contributed by atoms with Gasteiger partial charge in [-0.25, -0.2) is 4.99 Å². The number of hydrogen-bond acceptors (Lipinski definition) is 2. The van der Waals surface area contributed by atoms with Gasteiger partial charge in [0.2, 0.25) is 0 Å². The molecule has 0 spiro atoms. The highest BCUT2D eigenvalue weighted by Gasteiger charge is 2.11. The van der Waals surface area contributed by atoms with Crippen molar-refractivity contribution in [2.75, 3.05) is 0 Å². The summed E-state index contributed by atoms with van der Waals surface area (Å²) in [6.07, 6.45) is 6.32. The Morgan fingerprint density at radius 3 is 2.67 bits per heavy atom. The molecule has 0 aliphatic heterocycles. The third-order valence-corrected chi connectivity index (χ3v) is 3.60. The monoisotopic (exact) mass is 245 g/mol. The van der Waals surface area contributed by atoms with Gasteiger partial charge in [-0.15, -0.1) is 23.7 Å². The SMILES string of the molecule is Cl.NC(N)=Nc1cc2c(s1)CCCCC2. The standard InChI is InChI=1S/C10H15N3S.ClH/c11-10(12)13-9-6-7-4-2-1-3-5-8(7)14-9;/h6H,1-5H2,(H4,11,12,13);1H. The first-order valence-corrected chi connectivity index (χ1v) is 5.78. The van der Waals surface area contributed by atoms with E-state index in [-0.39, 0.29) is 18.4 Å². The number of aliphatic imine (C=N–C) groups is 1. The van der Waals surface area contributed by atoms with Crippen LogP contribution in [0.15, 0.2) is 11.1 Å². The minimum atomic E-state index is 0. The molecular weight excluding hydrogens is 230 g/mol. The summed E-state index contributed by atoms with van der Waals surface area (Å²) in [5.41, 5.74) is 12.1. The van der Waals surface area contributed by atoms with Gasteiger partial charge >= 0.3 is 0 Å². The molecule has 84 valence electrons. The number of rotatable bonds is 1. The number of nitrogens with zero attached hydrogens (tertiary/aromatic N) is 1. The normalized spacial score (nSPS) is 14.7. The van der Waals surface area contributed by atoms with Crippen molar-refractivity contribution in [1.82, 2.24) is 0 Å². The second-order valence-electron chi connectivity index (χ2n) is 3.63. The van der Waals surface area contributed by atoms with Gasteiger partial charge in [-0.3, -0.25) is 0 Å². The number of hydrogen-bond donors (Lipinski definition) is 2. The highest BCUT2D eigenvalue weighted by molar-refractivity contribution is 7.16. The van der Waals surface area contributed by atoms with Gasteiger partial charge in [0.1, 0.15) is 5.00 Å². The van der Waals surface area contributed by atoms with Gasteiger partial charge in [0.05, 0.1) is 0 Å². The van der Waals surface area contributed by atoms with Crippen molar-refractivity contribution in [3.05, 3.63) is 16.5 Å². The van der Waals surface area contributed by atoms with E-state index in [4.69, 9.17) is 11.5 Å². The second kappa shape index (κ2) is 5.37. The molecule has 1 heterocycles. The second-order valence-corrected chi connectivity index (χ2v) is 4.75. The molecule has 1 aliphatic carbocycles. The fourth-order valence-electron chi connectivity index (χ4n) is 1.83. The van der Waals surface area contributed by atoms with Crippen LogP contribution in [0.3, 0.4) is 0 Å². The molecule has 1 aromatic rings. The van der Waals surface area contributed by atoms with Crippen LogP contribution in [-0.2, 0) is 12.8 Å². The molecule has 1 aromatic heterocycles. The number of nitrogens with two attached hydrogens (primary N) is 2. The van der Waals surface area contributed by atoms with E-state index in [0.29, 0.717) is 0 Å². The Bertz CT molecular complexity index is 332. The van der Waals surface area contributed by atoms with E-state index in [1.807, 2.05) is 0 Å². The van der Waals surface area contributed by atoms with E-state index < -0.39 is 0 Å². The lowest BCUT2D eigenvalue weighted by atomic mass is 10.1. The Labute approximate surface area is 100.0 Å². The van der Waals surface area contributed by atoms with Gasteiger partial charge in [0.25, 0.3) is 0 Å². The molecule has 3 nitrogen and oxygen atoms in total. The van der Waals surface area contributed by atoms with Crippen molar-refractivity contribution in [1.29, 1.82) is 0 Å². The highest BCUT2D eigenvalue weighted by atomic mass is 35.5. The third-order valence-electron chi connectivity index (χ3n) is 2.47. The lowest BCUT2D eigenvalue weighted by molar-refractivity contribution is 0.713. The number of halogens is 1. The quantitative estimate of drug-likeness (QED) is 0.453. The largest absolute Gasteiger partial charge is 0.370 e. The van der Waals surface area contributed by atoms with Gasteiger partial charge in [0, 0.05) is 4.88 Å². The molecule has 0 atom stereocenters. The summed E-state index contributed by atoms with van der Waals surface area (Å²) in [5.74, 6) is 0.154. The predicted octanol–water partition coefficient (Wildman–Crippen LogP) is 2.34. The van der Waals surface area contributed by atoms with E-state index in [1.165, 1.54) is 42.5 Å². The molecule has 0 fully saturated rings. The number of thiophene rings is 1. The Morgan fingerprint density at radius 2 is 1.93 bits per heavy atom. The van der Waals surface area contributed by atoms with Crippen LogP contribution in [0.4, 0.5) is 5.00 Å². The molecular formula is C10H16ClN3S. The molecule has 0 saturated heterocycles. The average Bonchev–Trinajstić information content (AvgIpc) is 2.34. The summed E-state index contributed by atoms with van der Waals surface area (Å²) in [4.78, 5) is 5.56. The summed E-state index contributed by atoms with van der Waals surface area (Å²) in [7, 11) is 0. The van der Waals surface area contributed by atoms with Crippen molar-refractivity contribution in [2.24, 2.45) is 16.5 Å². The molecule has 0 radical (unpaired) electrons. The summed E-state index contributed by atoms with van der Waals surface area (Å²) < 4.78 is 0. The Kier molecular flexibility index (Phi) is 4.42. The van der Waals surface area contributed by atoms with E-state index in [2.05, 4.69) is 11.1 Å². The predicted molar refractivity (Wildman–Crippen MR) is 68.3 cm³/mol. The highest BCUT2D eigenvalue weighted by Crippen LogP contribution is 2.33. The lowest BCUT2D eigenvalue weighted by Crippen LogP contribution is -2.21. The van der Waals surface area contributed by atoms with Crippen molar-refractivity contribution >= 4 is 34.7 Å². The molecule has 15 heavy (non-hydrogen) atoms. The fourth-order valence-corrected chi connectivity index (χ4v) is 2.98. The first-order valence-electron chi connectivity index (χ1n) is 4.97. The third kappa shape index (κ3) is 3.11. The summed E-state index contributed by atoms with van der Waals surface area (Å²) in [6, 6.07) is 2.13. The lowest BCUT2D eigenvalue weighted by Gasteiger charge is -1.92. The smallest absolute Gasteiger partial charge is 0.191 e. The summed E-state index contributed by atoms with van der Waals surface area (Å²) in [6.45, 7) is 0. The van der Waals surface area contributed by atoms with Crippen molar-refractivity contribution < 1.29 is 0 Å². The molecule has 0 amide bonds. The molecule has 4 N–H and O–H groups in total. The van der Waals surface area contributed by atoms with Gasteiger partial charge < -0.3 is 11.5 Å². The summed E-state index contributed by atoms with van der Waals surface area (Å²) >= 11 is 1.73. The molecule has 1 aliphatic rings. The molecule has 0 aromatic carbocycles. The molecule has 5 heteroatoms. The molecule has 0 unspecified atom stereocenters. The van der Waals surface area contributed by atoms with Crippen LogP contribution in [0.2, 0.25) is 0 Å². The number of fused-ring (bicyclic) bond motifs is 1. The first-order chi connectivity index (χ1) is 6.75. The van der Waals surface area contributed by atoms with Crippen LogP contribution in [0, 0.1) is 0 Å². The van der Waals surface area contributed by atoms with Crippen molar-refractivity contribution in [3.63, 3.8) is 0 Å². The van der Waals surface area contributed by atoms with E-state index in [1.54, 1.807) is 11.3 Å². The maximum absolute atomic E-state index is 5.35. The summed E-state index contributed by atoms with van der Waals surface area (Å²) in [5, 5.41) is 0.955. The van der Waals surface area contributed by atoms with Crippen LogP contribution < -0.4 is 11.5 Å². The topological polar surface area (TPSA) is 64.4 Å². The number of aryl methyl sites for hydroxylation is 2. The minimum absolute atomic E-state index is 0. The first kappa shape index (κ1) is 12.3. The van der Waals surface area contributed by atoms with Gasteiger partial charge in [-0.05, 0) is 37.3 Å². The van der Waals surface area contributed by atoms with E-state index in [0.717, 1.165) is 5.00 Å². The van der Waals surface area contributed by atoms with Crippen LogP contribution >= 0.6 is 23.7 Å². The molecule has 0 bridgehead atoms. The van der Waals surface area contributed by atoms with E-state index >= 15 is 0 Å². The average molecular weight is 246 g/mol. The minimum Gasteiger partial charge on any atom is -0.370 e. The maximum Gasteiger partial charge on any atom is 0.191 e. The van der Waals surface area contributed by atoms with Gasteiger partial charge in [-0.2, -0.15) is 0 Å². The zero-order chi connectivity index (χ0) is 9.97. The van der Waals surface area contributed by atoms with Crippen molar-refractivity contribution in [3.8, 4) is 0 Å². The van der Waals surface area contributed by atoms with Crippen molar-refractivity contribution in [2.45, 2.75) is 32.1 Å². The van der Waals surface area contributed by atoms with Crippen LogP contribution in [0.25, 0.3) is 0 Å². The van der Waals surface area contributed by atoms with Crippen LogP contribution in [0.1, 0.15) is 29.7 Å². The fraction of sp³-hybridized carbons (Fsp3) is 0.500. The van der Waals surface area contributed by atoms with E-state index in [9.17, 15) is 0 Å². The van der Waals surface area contributed by atoms with Crippen LogP contribution in [0.5, 0.6) is 0 Å². The molecule has 2 rings (SSSR count). The Balaban J connectivity index is 0.00000112. The molecule has 0 saturated carbocycles. The zero-order valence-corrected chi connectivity index (χ0v) is 10.2. The Hall–Kier alpha value is -0.740. The Morgan fingerprint density at radius 1 is 1.20 bits per heavy atom.